The van der Waals surface area contributed by atoms with Crippen molar-refractivity contribution in [2.75, 3.05) is 18.5 Å². The molecular weight excluding hydrogens is 269 g/mol. The summed E-state index contributed by atoms with van der Waals surface area (Å²) in [4.78, 5) is 8.86. The molecule has 0 spiro atoms. The molecule has 5 heteroatoms. The maximum Gasteiger partial charge on any atom is 0.157 e. The Hall–Kier alpha value is -2.01. The number of hydrogen-bond acceptors (Lipinski definition) is 4. The molecule has 0 aliphatic rings. The Morgan fingerprint density at radius 3 is 2.76 bits per heavy atom. The van der Waals surface area contributed by atoms with Crippen molar-refractivity contribution >= 4 is 5.82 Å². The van der Waals surface area contributed by atoms with E-state index in [4.69, 9.17) is 4.74 Å². The zero-order valence-corrected chi connectivity index (χ0v) is 12.4. The van der Waals surface area contributed by atoms with Crippen LogP contribution < -0.4 is 5.32 Å². The monoisotopic (exact) mass is 289 g/mol. The molecule has 2 rings (SSSR count). The molecule has 0 bridgehead atoms. The summed E-state index contributed by atoms with van der Waals surface area (Å²) in [5.41, 5.74) is 1.42. The number of rotatable bonds is 7. The van der Waals surface area contributed by atoms with Crippen LogP contribution in [0.25, 0.3) is 11.3 Å². The van der Waals surface area contributed by atoms with Gasteiger partial charge in [-0.1, -0.05) is 19.1 Å². The van der Waals surface area contributed by atoms with E-state index in [2.05, 4.69) is 22.2 Å². The molecule has 0 fully saturated rings. The summed E-state index contributed by atoms with van der Waals surface area (Å²) in [5.74, 6) is 1.05. The quantitative estimate of drug-likeness (QED) is 0.845. The van der Waals surface area contributed by atoms with Crippen molar-refractivity contribution in [3.05, 3.63) is 42.0 Å². The lowest BCUT2D eigenvalue weighted by Crippen LogP contribution is -2.07. The van der Waals surface area contributed by atoms with Gasteiger partial charge in [0.1, 0.15) is 18.2 Å². The van der Waals surface area contributed by atoms with Gasteiger partial charge in [-0.15, -0.1) is 0 Å². The Labute approximate surface area is 124 Å². The smallest absolute Gasteiger partial charge is 0.157 e. The highest BCUT2D eigenvalue weighted by Gasteiger charge is 2.07. The number of ether oxygens (including phenoxy) is 1. The van der Waals surface area contributed by atoms with Gasteiger partial charge >= 0.3 is 0 Å². The van der Waals surface area contributed by atoms with Crippen LogP contribution in [-0.4, -0.2) is 23.1 Å². The van der Waals surface area contributed by atoms with Crippen LogP contribution in [0.2, 0.25) is 0 Å². The van der Waals surface area contributed by atoms with Gasteiger partial charge in [0.25, 0.3) is 0 Å². The third kappa shape index (κ3) is 4.49. The zero-order valence-electron chi connectivity index (χ0n) is 12.4. The standard InChI is InChI=1S/C16H20FN3O/c1-3-8-18-15-10-14(12-6-5-7-13(17)9-12)19-16(20-15)11-21-4-2/h5-7,9-10H,3-4,8,11H2,1-2H3,(H,18,19,20). The molecule has 0 unspecified atom stereocenters. The van der Waals surface area contributed by atoms with Crippen molar-refractivity contribution in [3.63, 3.8) is 0 Å². The molecule has 0 radical (unpaired) electrons. The Morgan fingerprint density at radius 2 is 2.05 bits per heavy atom. The van der Waals surface area contributed by atoms with Gasteiger partial charge in [0.2, 0.25) is 0 Å². The van der Waals surface area contributed by atoms with E-state index in [9.17, 15) is 4.39 Å². The van der Waals surface area contributed by atoms with Gasteiger partial charge < -0.3 is 10.1 Å². The van der Waals surface area contributed by atoms with Crippen LogP contribution in [-0.2, 0) is 11.3 Å². The molecule has 0 amide bonds. The van der Waals surface area contributed by atoms with E-state index in [-0.39, 0.29) is 5.82 Å². The third-order valence-corrected chi connectivity index (χ3v) is 2.88. The molecule has 0 aliphatic carbocycles. The topological polar surface area (TPSA) is 47.0 Å². The average Bonchev–Trinajstić information content (AvgIpc) is 2.50. The van der Waals surface area contributed by atoms with Gasteiger partial charge in [-0.25, -0.2) is 14.4 Å². The molecule has 2 aromatic rings. The number of benzene rings is 1. The third-order valence-electron chi connectivity index (χ3n) is 2.88. The van der Waals surface area contributed by atoms with Gasteiger partial charge in [-0.2, -0.15) is 0 Å². The van der Waals surface area contributed by atoms with Crippen LogP contribution in [0.15, 0.2) is 30.3 Å². The first kappa shape index (κ1) is 15.4. The second-order valence-electron chi connectivity index (χ2n) is 4.63. The van der Waals surface area contributed by atoms with E-state index in [1.54, 1.807) is 6.07 Å². The molecule has 1 heterocycles. The van der Waals surface area contributed by atoms with Crippen molar-refractivity contribution < 1.29 is 9.13 Å². The van der Waals surface area contributed by atoms with Crippen LogP contribution in [0.4, 0.5) is 10.2 Å². The van der Waals surface area contributed by atoms with E-state index < -0.39 is 0 Å². The highest BCUT2D eigenvalue weighted by atomic mass is 19.1. The molecule has 4 nitrogen and oxygen atoms in total. The Balaban J connectivity index is 2.33. The lowest BCUT2D eigenvalue weighted by molar-refractivity contribution is 0.128. The number of nitrogens with zero attached hydrogens (tertiary/aromatic N) is 2. The maximum atomic E-state index is 13.4. The Bertz CT molecular complexity index is 563. The predicted molar refractivity (Wildman–Crippen MR) is 81.5 cm³/mol. The van der Waals surface area contributed by atoms with Crippen molar-refractivity contribution in [2.45, 2.75) is 26.9 Å². The van der Waals surface area contributed by atoms with Crippen LogP contribution in [0.5, 0.6) is 0 Å². The molecule has 0 atom stereocenters. The van der Waals surface area contributed by atoms with E-state index in [1.807, 2.05) is 19.1 Å². The van der Waals surface area contributed by atoms with E-state index in [0.717, 1.165) is 24.3 Å². The maximum absolute atomic E-state index is 13.4. The summed E-state index contributed by atoms with van der Waals surface area (Å²) in [6, 6.07) is 8.23. The lowest BCUT2D eigenvalue weighted by Gasteiger charge is -2.10. The molecule has 21 heavy (non-hydrogen) atoms. The summed E-state index contributed by atoms with van der Waals surface area (Å²) in [6.07, 6.45) is 1.00. The SMILES string of the molecule is CCCNc1cc(-c2cccc(F)c2)nc(COCC)n1. The molecule has 0 saturated carbocycles. The minimum absolute atomic E-state index is 0.277. The lowest BCUT2D eigenvalue weighted by atomic mass is 10.1. The average molecular weight is 289 g/mol. The fourth-order valence-electron chi connectivity index (χ4n) is 1.89. The summed E-state index contributed by atoms with van der Waals surface area (Å²) >= 11 is 0. The largest absolute Gasteiger partial charge is 0.374 e. The van der Waals surface area contributed by atoms with Crippen LogP contribution >= 0.6 is 0 Å². The Morgan fingerprint density at radius 1 is 1.19 bits per heavy atom. The van der Waals surface area contributed by atoms with Gasteiger partial charge in [-0.05, 0) is 25.5 Å². The normalized spacial score (nSPS) is 10.6. The molecular formula is C16H20FN3O. The summed E-state index contributed by atoms with van der Waals surface area (Å²) in [7, 11) is 0. The van der Waals surface area contributed by atoms with Gasteiger partial charge in [0, 0.05) is 24.8 Å². The summed E-state index contributed by atoms with van der Waals surface area (Å²) in [6.45, 7) is 5.79. The second kappa shape index (κ2) is 7.69. The Kier molecular flexibility index (Phi) is 5.63. The summed E-state index contributed by atoms with van der Waals surface area (Å²) < 4.78 is 18.7. The minimum atomic E-state index is -0.277. The zero-order chi connectivity index (χ0) is 15.1. The number of anilines is 1. The molecule has 0 aliphatic heterocycles. The van der Waals surface area contributed by atoms with Crippen LogP contribution in [0.3, 0.4) is 0 Å². The van der Waals surface area contributed by atoms with Gasteiger partial charge in [-0.3, -0.25) is 0 Å². The van der Waals surface area contributed by atoms with Crippen molar-refractivity contribution in [1.82, 2.24) is 9.97 Å². The number of halogens is 1. The first-order chi connectivity index (χ1) is 10.2. The van der Waals surface area contributed by atoms with E-state index in [0.29, 0.717) is 24.7 Å². The second-order valence-corrected chi connectivity index (χ2v) is 4.63. The fourth-order valence-corrected chi connectivity index (χ4v) is 1.89. The fraction of sp³-hybridized carbons (Fsp3) is 0.375. The van der Waals surface area contributed by atoms with Crippen LogP contribution in [0.1, 0.15) is 26.1 Å². The molecule has 1 aromatic carbocycles. The highest BCUT2D eigenvalue weighted by molar-refractivity contribution is 5.62. The molecule has 112 valence electrons. The first-order valence-corrected chi connectivity index (χ1v) is 7.18. The van der Waals surface area contributed by atoms with E-state index in [1.165, 1.54) is 12.1 Å². The molecule has 1 N–H and O–H groups in total. The van der Waals surface area contributed by atoms with Crippen molar-refractivity contribution in [2.24, 2.45) is 0 Å². The van der Waals surface area contributed by atoms with Crippen molar-refractivity contribution in [3.8, 4) is 11.3 Å². The number of nitrogens with one attached hydrogen (secondary N) is 1. The summed E-state index contributed by atoms with van der Waals surface area (Å²) in [5, 5.41) is 3.24. The molecule has 0 saturated heterocycles. The highest BCUT2D eigenvalue weighted by Crippen LogP contribution is 2.21. The van der Waals surface area contributed by atoms with Gasteiger partial charge in [0.05, 0.1) is 5.69 Å². The predicted octanol–water partition coefficient (Wildman–Crippen LogP) is 3.64. The number of hydrogen-bond donors (Lipinski definition) is 1. The number of aromatic nitrogens is 2. The molecule has 1 aromatic heterocycles. The van der Waals surface area contributed by atoms with E-state index >= 15 is 0 Å². The first-order valence-electron chi connectivity index (χ1n) is 7.18. The van der Waals surface area contributed by atoms with Crippen LogP contribution in [0, 0.1) is 5.82 Å². The minimum Gasteiger partial charge on any atom is -0.374 e. The van der Waals surface area contributed by atoms with Crippen molar-refractivity contribution in [1.29, 1.82) is 0 Å². The van der Waals surface area contributed by atoms with Gasteiger partial charge in [0.15, 0.2) is 5.82 Å².